The Kier molecular flexibility index (Phi) is 5.13. The van der Waals surface area contributed by atoms with Crippen molar-refractivity contribution in [1.29, 1.82) is 0 Å². The Balaban J connectivity index is 2.82. The molecule has 2 nitrogen and oxygen atoms in total. The molecular weight excluding hydrogens is 212 g/mol. The fourth-order valence-electron chi connectivity index (χ4n) is 2.56. The van der Waals surface area contributed by atoms with Crippen molar-refractivity contribution in [2.45, 2.75) is 46.5 Å². The minimum absolute atomic E-state index is 0.313. The average molecular weight is 236 g/mol. The third-order valence-electron chi connectivity index (χ3n) is 3.77. The largest absolute Gasteiger partial charge is 0.383 e. The first-order chi connectivity index (χ1) is 8.09. The highest BCUT2D eigenvalue weighted by Gasteiger charge is 2.42. The number of hydrogen-bond donors (Lipinski definition) is 0. The first kappa shape index (κ1) is 14.2. The maximum Gasteiger partial charge on any atom is 0.149 e. The van der Waals surface area contributed by atoms with E-state index in [9.17, 15) is 4.79 Å². The zero-order chi connectivity index (χ0) is 12.9. The molecule has 0 saturated carbocycles. The van der Waals surface area contributed by atoms with Crippen LogP contribution in [0.25, 0.3) is 0 Å². The van der Waals surface area contributed by atoms with E-state index in [1.807, 2.05) is 26.0 Å². The highest BCUT2D eigenvalue weighted by molar-refractivity contribution is 5.92. The van der Waals surface area contributed by atoms with Gasteiger partial charge >= 0.3 is 0 Å². The summed E-state index contributed by atoms with van der Waals surface area (Å²) < 4.78 is 5.29. The molecule has 96 valence electrons. The number of hydrogen-bond acceptors (Lipinski definition) is 2. The van der Waals surface area contributed by atoms with Gasteiger partial charge in [0.25, 0.3) is 0 Å². The van der Waals surface area contributed by atoms with Crippen molar-refractivity contribution in [1.82, 2.24) is 0 Å². The van der Waals surface area contributed by atoms with Crippen LogP contribution < -0.4 is 0 Å². The zero-order valence-electron chi connectivity index (χ0n) is 11.5. The Morgan fingerprint density at radius 3 is 2.29 bits per heavy atom. The fourth-order valence-corrected chi connectivity index (χ4v) is 2.56. The van der Waals surface area contributed by atoms with Crippen LogP contribution in [-0.2, 0) is 9.53 Å². The fraction of sp³-hybridized carbons (Fsp3) is 0.667. The summed E-state index contributed by atoms with van der Waals surface area (Å²) in [6, 6.07) is 0. The van der Waals surface area contributed by atoms with E-state index in [1.54, 1.807) is 7.11 Å². The first-order valence-electron chi connectivity index (χ1n) is 6.48. The molecule has 0 unspecified atom stereocenters. The Hall–Kier alpha value is -0.890. The van der Waals surface area contributed by atoms with Crippen LogP contribution in [0.1, 0.15) is 46.5 Å². The minimum Gasteiger partial charge on any atom is -0.383 e. The molecule has 0 amide bonds. The number of ether oxygens (including phenoxy) is 1. The second-order valence-electron chi connectivity index (χ2n) is 4.92. The number of unbranched alkanes of at least 4 members (excludes halogenated alkanes) is 2. The molecule has 0 spiro atoms. The molecule has 1 aliphatic rings. The van der Waals surface area contributed by atoms with Crippen molar-refractivity contribution in [3.63, 3.8) is 0 Å². The van der Waals surface area contributed by atoms with E-state index in [1.165, 1.54) is 0 Å². The molecule has 0 aromatic rings. The Bertz CT molecular complexity index is 319. The summed E-state index contributed by atoms with van der Waals surface area (Å²) in [5.41, 5.74) is 1.78. The minimum atomic E-state index is -0.470. The number of allylic oxidation sites excluding steroid dienone is 2. The average Bonchev–Trinajstić information content (AvgIpc) is 2.59. The SMILES string of the molecule is CCCCCC(=O)C1(COC)C(C)=CC=C1C. The number of Topliss-reactive ketones (excluding diaryl/α,β-unsaturated/α-hetero) is 1. The third-order valence-corrected chi connectivity index (χ3v) is 3.77. The third kappa shape index (κ3) is 2.68. The number of carbonyl (C=O) groups is 1. The molecule has 0 aromatic heterocycles. The molecule has 0 aliphatic heterocycles. The lowest BCUT2D eigenvalue weighted by atomic mass is 9.73. The monoisotopic (exact) mass is 236 g/mol. The normalized spacial score (nSPS) is 17.9. The van der Waals surface area contributed by atoms with Crippen molar-refractivity contribution >= 4 is 5.78 Å². The van der Waals surface area contributed by atoms with Gasteiger partial charge in [-0.25, -0.2) is 0 Å². The number of carbonyl (C=O) groups excluding carboxylic acids is 1. The van der Waals surface area contributed by atoms with Crippen molar-refractivity contribution in [3.05, 3.63) is 23.3 Å². The van der Waals surface area contributed by atoms with E-state index in [4.69, 9.17) is 4.74 Å². The van der Waals surface area contributed by atoms with E-state index in [2.05, 4.69) is 6.92 Å². The molecule has 0 radical (unpaired) electrons. The predicted molar refractivity (Wildman–Crippen MR) is 71.0 cm³/mol. The second kappa shape index (κ2) is 6.15. The van der Waals surface area contributed by atoms with Gasteiger partial charge in [-0.15, -0.1) is 0 Å². The van der Waals surface area contributed by atoms with Gasteiger partial charge in [-0.3, -0.25) is 4.79 Å². The molecule has 17 heavy (non-hydrogen) atoms. The van der Waals surface area contributed by atoms with Crippen LogP contribution in [0.4, 0.5) is 0 Å². The summed E-state index contributed by atoms with van der Waals surface area (Å²) in [6.45, 7) is 6.69. The van der Waals surface area contributed by atoms with Crippen LogP contribution in [0.15, 0.2) is 23.3 Å². The summed E-state index contributed by atoms with van der Waals surface area (Å²) in [5.74, 6) is 0.313. The standard InChI is InChI=1S/C15H24O2/c1-5-6-7-8-14(16)15(11-17-4)12(2)9-10-13(15)3/h9-10H,5-8,11H2,1-4H3. The lowest BCUT2D eigenvalue weighted by Gasteiger charge is -2.31. The quantitative estimate of drug-likeness (QED) is 0.630. The van der Waals surface area contributed by atoms with E-state index in [-0.39, 0.29) is 0 Å². The van der Waals surface area contributed by atoms with Crippen LogP contribution >= 0.6 is 0 Å². The summed E-state index contributed by atoms with van der Waals surface area (Å²) >= 11 is 0. The van der Waals surface area contributed by atoms with E-state index < -0.39 is 5.41 Å². The van der Waals surface area contributed by atoms with Crippen LogP contribution in [0.5, 0.6) is 0 Å². The first-order valence-corrected chi connectivity index (χ1v) is 6.48. The van der Waals surface area contributed by atoms with E-state index in [0.717, 1.165) is 30.4 Å². The van der Waals surface area contributed by atoms with Gasteiger partial charge in [0.05, 0.1) is 12.0 Å². The van der Waals surface area contributed by atoms with Crippen LogP contribution in [0.3, 0.4) is 0 Å². The Morgan fingerprint density at radius 2 is 1.82 bits per heavy atom. The van der Waals surface area contributed by atoms with Crippen LogP contribution in [0, 0.1) is 5.41 Å². The molecule has 0 bridgehead atoms. The molecule has 0 saturated heterocycles. The summed E-state index contributed by atoms with van der Waals surface area (Å²) in [5, 5.41) is 0. The highest BCUT2D eigenvalue weighted by atomic mass is 16.5. The summed E-state index contributed by atoms with van der Waals surface area (Å²) in [4.78, 5) is 12.5. The Labute approximate surface area is 105 Å². The maximum atomic E-state index is 12.5. The van der Waals surface area contributed by atoms with Crippen molar-refractivity contribution in [2.75, 3.05) is 13.7 Å². The van der Waals surface area contributed by atoms with E-state index in [0.29, 0.717) is 18.8 Å². The van der Waals surface area contributed by atoms with Gasteiger partial charge in [0.15, 0.2) is 0 Å². The molecule has 0 heterocycles. The number of ketones is 1. The lowest BCUT2D eigenvalue weighted by molar-refractivity contribution is -0.127. The topological polar surface area (TPSA) is 26.3 Å². The van der Waals surface area contributed by atoms with Gasteiger partial charge in [0, 0.05) is 13.5 Å². The van der Waals surface area contributed by atoms with Crippen LogP contribution in [-0.4, -0.2) is 19.5 Å². The van der Waals surface area contributed by atoms with Crippen molar-refractivity contribution in [3.8, 4) is 0 Å². The number of methoxy groups -OCH3 is 1. The molecular formula is C15H24O2. The molecule has 0 N–H and O–H groups in total. The summed E-state index contributed by atoms with van der Waals surface area (Å²) in [7, 11) is 1.67. The lowest BCUT2D eigenvalue weighted by Crippen LogP contribution is -2.36. The van der Waals surface area contributed by atoms with Gasteiger partial charge in [0.2, 0.25) is 0 Å². The van der Waals surface area contributed by atoms with Gasteiger partial charge in [-0.05, 0) is 20.3 Å². The maximum absolute atomic E-state index is 12.5. The van der Waals surface area contributed by atoms with Crippen LogP contribution in [0.2, 0.25) is 0 Å². The van der Waals surface area contributed by atoms with Gasteiger partial charge < -0.3 is 4.74 Å². The summed E-state index contributed by atoms with van der Waals surface area (Å²) in [6.07, 6.45) is 8.02. The molecule has 0 aromatic carbocycles. The van der Waals surface area contributed by atoms with Gasteiger partial charge in [0.1, 0.15) is 5.78 Å². The van der Waals surface area contributed by atoms with Gasteiger partial charge in [-0.2, -0.15) is 0 Å². The molecule has 0 fully saturated rings. The molecule has 1 rings (SSSR count). The molecule has 2 heteroatoms. The molecule has 0 atom stereocenters. The predicted octanol–water partition coefficient (Wildman–Crippen LogP) is 3.67. The second-order valence-corrected chi connectivity index (χ2v) is 4.92. The Morgan fingerprint density at radius 1 is 1.24 bits per heavy atom. The highest BCUT2D eigenvalue weighted by Crippen LogP contribution is 2.42. The molecule has 1 aliphatic carbocycles. The number of rotatable bonds is 7. The smallest absolute Gasteiger partial charge is 0.149 e. The van der Waals surface area contributed by atoms with Gasteiger partial charge in [-0.1, -0.05) is 43.1 Å². The zero-order valence-corrected chi connectivity index (χ0v) is 11.5. The van der Waals surface area contributed by atoms with Crippen molar-refractivity contribution < 1.29 is 9.53 Å². The van der Waals surface area contributed by atoms with E-state index >= 15 is 0 Å². The van der Waals surface area contributed by atoms with Crippen molar-refractivity contribution in [2.24, 2.45) is 5.41 Å².